The minimum Gasteiger partial charge on any atom is -0.369 e. The number of nitrogens with zero attached hydrogens (tertiary/aromatic N) is 5. The molecule has 0 aliphatic carbocycles. The minimum atomic E-state index is -0.0454. The first-order valence-corrected chi connectivity index (χ1v) is 11.0. The summed E-state index contributed by atoms with van der Waals surface area (Å²) in [7, 11) is 2.16. The molecule has 1 saturated heterocycles. The summed E-state index contributed by atoms with van der Waals surface area (Å²) in [5, 5.41) is 6.44. The molecule has 0 unspecified atom stereocenters. The molecule has 1 fully saturated rings. The molecule has 3 heterocycles. The summed E-state index contributed by atoms with van der Waals surface area (Å²) in [6.07, 6.45) is 6.99. The highest BCUT2D eigenvalue weighted by atomic mass is 19.1. The van der Waals surface area contributed by atoms with Gasteiger partial charge < -0.3 is 20.4 Å². The number of hydrogen-bond acceptors (Lipinski definition) is 7. The smallest absolute Gasteiger partial charge is 0.145 e. The van der Waals surface area contributed by atoms with Crippen molar-refractivity contribution in [3.05, 3.63) is 66.5 Å². The van der Waals surface area contributed by atoms with Crippen molar-refractivity contribution in [3.63, 3.8) is 0 Å². The van der Waals surface area contributed by atoms with E-state index in [0.29, 0.717) is 31.9 Å². The fourth-order valence-electron chi connectivity index (χ4n) is 3.77. The predicted octanol–water partition coefficient (Wildman–Crippen LogP) is 3.04. The molecule has 8 heteroatoms. The Kier molecular flexibility index (Phi) is 7.58. The lowest BCUT2D eigenvalue weighted by Crippen LogP contribution is -2.44. The molecule has 2 aliphatic heterocycles. The van der Waals surface area contributed by atoms with Gasteiger partial charge in [0.2, 0.25) is 0 Å². The van der Waals surface area contributed by atoms with Crippen molar-refractivity contribution in [2.24, 2.45) is 0 Å². The van der Waals surface area contributed by atoms with Gasteiger partial charge >= 0.3 is 0 Å². The zero-order valence-electron chi connectivity index (χ0n) is 18.5. The Morgan fingerprint density at radius 2 is 1.78 bits per heavy atom. The Bertz CT molecular complexity index is 983. The molecule has 0 amide bonds. The van der Waals surface area contributed by atoms with Crippen molar-refractivity contribution in [1.82, 2.24) is 25.2 Å². The normalized spacial score (nSPS) is 17.1. The molecule has 0 spiro atoms. The number of rotatable bonds is 5. The first-order valence-electron chi connectivity index (χ1n) is 11.0. The topological polar surface area (TPSA) is 69.2 Å². The third-order valence-corrected chi connectivity index (χ3v) is 5.75. The molecule has 0 radical (unpaired) electrons. The van der Waals surface area contributed by atoms with E-state index in [4.69, 9.17) is 4.98 Å². The van der Waals surface area contributed by atoms with E-state index in [1.54, 1.807) is 24.8 Å². The average Bonchev–Trinajstić information content (AvgIpc) is 2.83. The molecule has 1 aromatic carbocycles. The number of likely N-dealkylation sites (N-methyl/N-ethyl adjacent to an activating group) is 1. The van der Waals surface area contributed by atoms with Crippen LogP contribution in [0.4, 0.5) is 15.9 Å². The summed E-state index contributed by atoms with van der Waals surface area (Å²) in [6, 6.07) is 10.3. The van der Waals surface area contributed by atoms with E-state index in [9.17, 15) is 4.39 Å². The van der Waals surface area contributed by atoms with Gasteiger partial charge in [-0.05, 0) is 30.8 Å². The van der Waals surface area contributed by atoms with Gasteiger partial charge in [-0.1, -0.05) is 12.1 Å². The number of hydrogen-bond donors (Lipinski definition) is 2. The van der Waals surface area contributed by atoms with Gasteiger partial charge in [0, 0.05) is 82.1 Å². The number of piperazine rings is 1. The molecule has 1 aromatic heterocycles. The van der Waals surface area contributed by atoms with E-state index in [0.717, 1.165) is 43.0 Å². The highest BCUT2D eigenvalue weighted by Gasteiger charge is 2.14. The zero-order chi connectivity index (χ0) is 22.2. The Hall–Kier alpha value is -3.10. The molecule has 4 rings (SSSR count). The molecule has 0 atom stereocenters. The lowest BCUT2D eigenvalue weighted by Gasteiger charge is -2.34. The van der Waals surface area contributed by atoms with Crippen LogP contribution >= 0.6 is 0 Å². The lowest BCUT2D eigenvalue weighted by molar-refractivity contribution is 0.313. The van der Waals surface area contributed by atoms with E-state index in [1.165, 1.54) is 5.69 Å². The van der Waals surface area contributed by atoms with Crippen LogP contribution in [0.5, 0.6) is 0 Å². The number of nitrogens with one attached hydrogen (secondary N) is 2. The van der Waals surface area contributed by atoms with Gasteiger partial charge in [-0.3, -0.25) is 9.97 Å². The van der Waals surface area contributed by atoms with E-state index in [-0.39, 0.29) is 5.83 Å². The van der Waals surface area contributed by atoms with Crippen molar-refractivity contribution in [1.29, 1.82) is 0 Å². The molecule has 0 bridgehead atoms. The van der Waals surface area contributed by atoms with Gasteiger partial charge in [-0.25, -0.2) is 9.37 Å². The van der Waals surface area contributed by atoms with Crippen LogP contribution in [-0.4, -0.2) is 72.7 Å². The van der Waals surface area contributed by atoms with E-state index in [2.05, 4.69) is 61.7 Å². The monoisotopic (exact) mass is 435 g/mol. The van der Waals surface area contributed by atoms with Crippen LogP contribution < -0.4 is 15.5 Å². The maximum Gasteiger partial charge on any atom is 0.145 e. The summed E-state index contributed by atoms with van der Waals surface area (Å²) in [6.45, 7) is 5.81. The highest BCUT2D eigenvalue weighted by molar-refractivity contribution is 5.63. The van der Waals surface area contributed by atoms with Crippen molar-refractivity contribution in [2.45, 2.75) is 6.42 Å². The van der Waals surface area contributed by atoms with Gasteiger partial charge in [-0.2, -0.15) is 0 Å². The van der Waals surface area contributed by atoms with Crippen molar-refractivity contribution < 1.29 is 4.39 Å². The molecule has 2 aromatic rings. The summed E-state index contributed by atoms with van der Waals surface area (Å²) >= 11 is 0. The number of anilines is 2. The van der Waals surface area contributed by atoms with Crippen LogP contribution in [0, 0.1) is 0 Å². The Balaban J connectivity index is 1.57. The molecule has 32 heavy (non-hydrogen) atoms. The summed E-state index contributed by atoms with van der Waals surface area (Å²) in [4.78, 5) is 18.0. The lowest BCUT2D eigenvalue weighted by atomic mass is 10.1. The Labute approximate surface area is 188 Å². The van der Waals surface area contributed by atoms with Gasteiger partial charge in [0.1, 0.15) is 11.6 Å². The van der Waals surface area contributed by atoms with Crippen LogP contribution in [0.3, 0.4) is 0 Å². The first kappa shape index (κ1) is 22.1. The maximum atomic E-state index is 14.1. The van der Waals surface area contributed by atoms with Crippen molar-refractivity contribution >= 4 is 11.5 Å². The molecule has 0 saturated carbocycles. The molecule has 168 valence electrons. The Morgan fingerprint density at radius 1 is 1.00 bits per heavy atom. The largest absolute Gasteiger partial charge is 0.369 e. The van der Waals surface area contributed by atoms with Gasteiger partial charge in [0.25, 0.3) is 0 Å². The van der Waals surface area contributed by atoms with Crippen molar-refractivity contribution in [3.8, 4) is 11.3 Å². The SMILES string of the molecule is CN1CCN(c2ccc(-c3ccnccncc(NCC4=C(F)CCNC4)n3)cc2)CC1. The summed E-state index contributed by atoms with van der Waals surface area (Å²) in [5.41, 5.74) is 3.69. The van der Waals surface area contributed by atoms with Crippen LogP contribution in [0.1, 0.15) is 6.42 Å². The number of benzene rings is 1. The van der Waals surface area contributed by atoms with E-state index >= 15 is 0 Å². The van der Waals surface area contributed by atoms with Crippen molar-refractivity contribution in [2.75, 3.05) is 63.1 Å². The standard InChI is InChI=1S/C24H30FN7/c1-31-12-14-32(15-13-31)21-4-2-19(3-5-21)23-7-9-26-10-11-28-18-24(30-23)29-17-20-16-27-8-6-22(20)25/h2-5,7,9-11,18,27H,6,8,12-17H2,1H3,(H,29,30). The van der Waals surface area contributed by atoms with Gasteiger partial charge in [-0.15, -0.1) is 0 Å². The molecule has 2 N–H and O–H groups in total. The second kappa shape index (κ2) is 11.0. The van der Waals surface area contributed by atoms with Gasteiger partial charge in [0.05, 0.1) is 11.9 Å². The Morgan fingerprint density at radius 3 is 2.56 bits per heavy atom. The first-order chi connectivity index (χ1) is 15.7. The van der Waals surface area contributed by atoms with E-state index in [1.807, 2.05) is 6.07 Å². The summed E-state index contributed by atoms with van der Waals surface area (Å²) in [5.74, 6) is 0.529. The molecule has 2 aliphatic rings. The van der Waals surface area contributed by atoms with Crippen LogP contribution in [0.25, 0.3) is 11.3 Å². The zero-order valence-corrected chi connectivity index (χ0v) is 18.5. The van der Waals surface area contributed by atoms with Gasteiger partial charge in [0.15, 0.2) is 0 Å². The summed E-state index contributed by atoms with van der Waals surface area (Å²) < 4.78 is 14.1. The molecule has 7 nitrogen and oxygen atoms in total. The minimum absolute atomic E-state index is 0.0454. The quantitative estimate of drug-likeness (QED) is 0.748. The van der Waals surface area contributed by atoms with Crippen LogP contribution in [-0.2, 0) is 0 Å². The predicted molar refractivity (Wildman–Crippen MR) is 127 cm³/mol. The fraction of sp³-hybridized carbons (Fsp3) is 0.375. The fourth-order valence-corrected chi connectivity index (χ4v) is 3.77. The number of aromatic nitrogens is 3. The maximum absolute atomic E-state index is 14.1. The third-order valence-electron chi connectivity index (χ3n) is 5.75. The number of halogens is 1. The van der Waals surface area contributed by atoms with Crippen LogP contribution in [0.15, 0.2) is 66.5 Å². The van der Waals surface area contributed by atoms with Crippen LogP contribution in [0.2, 0.25) is 0 Å². The molecular weight excluding hydrogens is 405 g/mol. The average molecular weight is 436 g/mol. The highest BCUT2D eigenvalue weighted by Crippen LogP contribution is 2.23. The van der Waals surface area contributed by atoms with E-state index < -0.39 is 0 Å². The third kappa shape index (κ3) is 5.99. The second-order valence-corrected chi connectivity index (χ2v) is 8.05. The second-order valence-electron chi connectivity index (χ2n) is 8.05. The molecular formula is C24H30FN7.